The van der Waals surface area contributed by atoms with Gasteiger partial charge in [0.15, 0.2) is 0 Å². The van der Waals surface area contributed by atoms with Crippen LogP contribution in [0.25, 0.3) is 0 Å². The molecule has 4 nitrogen and oxygen atoms in total. The Bertz CT molecular complexity index is 291. The summed E-state index contributed by atoms with van der Waals surface area (Å²) in [6.45, 7) is 2.37. The topological polar surface area (TPSA) is 50.7 Å². The van der Waals surface area contributed by atoms with E-state index in [4.69, 9.17) is 14.6 Å². The average molecular weight is 225 g/mol. The van der Waals surface area contributed by atoms with Gasteiger partial charge in [-0.05, 0) is 6.07 Å². The van der Waals surface area contributed by atoms with Gasteiger partial charge in [-0.1, -0.05) is 18.2 Å². The van der Waals surface area contributed by atoms with Crippen molar-refractivity contribution in [3.05, 3.63) is 29.8 Å². The maximum Gasteiger partial charge on any atom is 0.0733 e. The first-order valence-electron chi connectivity index (χ1n) is 5.37. The van der Waals surface area contributed by atoms with Crippen LogP contribution in [-0.4, -0.2) is 38.6 Å². The highest BCUT2D eigenvalue weighted by atomic mass is 16.5. The summed E-state index contributed by atoms with van der Waals surface area (Å²) in [5.74, 6) is 0. The molecule has 0 bridgehead atoms. The van der Waals surface area contributed by atoms with Gasteiger partial charge in [0, 0.05) is 24.9 Å². The third-order valence-corrected chi connectivity index (χ3v) is 2.11. The van der Waals surface area contributed by atoms with Crippen LogP contribution >= 0.6 is 0 Å². The van der Waals surface area contributed by atoms with Gasteiger partial charge in [0.05, 0.1) is 26.4 Å². The third-order valence-electron chi connectivity index (χ3n) is 2.11. The van der Waals surface area contributed by atoms with Crippen molar-refractivity contribution in [3.63, 3.8) is 0 Å². The normalized spacial score (nSPS) is 10.4. The van der Waals surface area contributed by atoms with Crippen molar-refractivity contribution in [2.45, 2.75) is 6.61 Å². The van der Waals surface area contributed by atoms with E-state index < -0.39 is 0 Å². The lowest BCUT2D eigenvalue weighted by Crippen LogP contribution is -2.12. The fraction of sp³-hybridized carbons (Fsp3) is 0.500. The van der Waals surface area contributed by atoms with E-state index in [2.05, 4.69) is 5.32 Å². The molecule has 0 unspecified atom stereocenters. The number of aliphatic hydroxyl groups excluding tert-OH is 1. The van der Waals surface area contributed by atoms with E-state index >= 15 is 0 Å². The molecule has 0 saturated carbocycles. The molecule has 0 heterocycles. The maximum absolute atomic E-state index is 8.53. The lowest BCUT2D eigenvalue weighted by Gasteiger charge is -2.11. The number of rotatable bonds is 8. The minimum Gasteiger partial charge on any atom is -0.394 e. The molecule has 0 aliphatic rings. The maximum atomic E-state index is 8.53. The lowest BCUT2D eigenvalue weighted by atomic mass is 10.2. The zero-order valence-electron chi connectivity index (χ0n) is 9.61. The highest BCUT2D eigenvalue weighted by Gasteiger charge is 1.99. The molecule has 0 spiro atoms. The molecule has 0 fully saturated rings. The van der Waals surface area contributed by atoms with Crippen LogP contribution in [0.4, 0.5) is 5.69 Å². The predicted octanol–water partition coefficient (Wildman–Crippen LogP) is 1.25. The van der Waals surface area contributed by atoms with Crippen molar-refractivity contribution < 1.29 is 14.6 Å². The quantitative estimate of drug-likeness (QED) is 0.654. The molecule has 16 heavy (non-hydrogen) atoms. The van der Waals surface area contributed by atoms with E-state index in [0.29, 0.717) is 19.8 Å². The number of nitrogens with one attached hydrogen (secondary N) is 1. The smallest absolute Gasteiger partial charge is 0.0733 e. The first-order chi connectivity index (χ1) is 7.88. The molecule has 90 valence electrons. The summed E-state index contributed by atoms with van der Waals surface area (Å²) in [5, 5.41) is 11.8. The van der Waals surface area contributed by atoms with Crippen LogP contribution in [-0.2, 0) is 16.1 Å². The molecule has 2 N–H and O–H groups in total. The van der Waals surface area contributed by atoms with Crippen molar-refractivity contribution >= 4 is 5.69 Å². The molecule has 0 saturated heterocycles. The Hall–Kier alpha value is -1.10. The second-order valence-corrected chi connectivity index (χ2v) is 3.35. The van der Waals surface area contributed by atoms with Gasteiger partial charge in [-0.3, -0.25) is 0 Å². The number of methoxy groups -OCH3 is 1. The van der Waals surface area contributed by atoms with Crippen molar-refractivity contribution in [1.82, 2.24) is 0 Å². The van der Waals surface area contributed by atoms with Crippen molar-refractivity contribution in [1.29, 1.82) is 0 Å². The summed E-state index contributed by atoms with van der Waals surface area (Å²) in [6, 6.07) is 8.01. The molecule has 4 heteroatoms. The Morgan fingerprint density at radius 3 is 2.81 bits per heavy atom. The van der Waals surface area contributed by atoms with Gasteiger partial charge in [-0.25, -0.2) is 0 Å². The van der Waals surface area contributed by atoms with Crippen LogP contribution in [0.15, 0.2) is 24.3 Å². The molecular weight excluding hydrogens is 206 g/mol. The van der Waals surface area contributed by atoms with Crippen LogP contribution in [0.5, 0.6) is 0 Å². The Morgan fingerprint density at radius 1 is 1.25 bits per heavy atom. The minimum absolute atomic E-state index is 0.0697. The van der Waals surface area contributed by atoms with E-state index in [1.165, 1.54) is 0 Å². The summed E-state index contributed by atoms with van der Waals surface area (Å²) in [7, 11) is 1.68. The van der Waals surface area contributed by atoms with E-state index in [-0.39, 0.29) is 6.61 Å². The van der Waals surface area contributed by atoms with Gasteiger partial charge in [0.2, 0.25) is 0 Å². The Kier molecular flexibility index (Phi) is 6.56. The monoisotopic (exact) mass is 225 g/mol. The van der Waals surface area contributed by atoms with Gasteiger partial charge in [-0.15, -0.1) is 0 Å². The van der Waals surface area contributed by atoms with Crippen molar-refractivity contribution in [2.75, 3.05) is 38.8 Å². The molecule has 1 aromatic rings. The van der Waals surface area contributed by atoms with Crippen molar-refractivity contribution in [3.8, 4) is 0 Å². The summed E-state index contributed by atoms with van der Waals surface area (Å²) in [6.07, 6.45) is 0. The van der Waals surface area contributed by atoms with Crippen LogP contribution < -0.4 is 5.32 Å². The average Bonchev–Trinajstić information content (AvgIpc) is 2.31. The highest BCUT2D eigenvalue weighted by Crippen LogP contribution is 2.15. The fourth-order valence-corrected chi connectivity index (χ4v) is 1.40. The van der Waals surface area contributed by atoms with Gasteiger partial charge < -0.3 is 19.9 Å². The number of hydrogen-bond donors (Lipinski definition) is 2. The van der Waals surface area contributed by atoms with Crippen molar-refractivity contribution in [2.24, 2.45) is 0 Å². The summed E-state index contributed by atoms with van der Waals surface area (Å²) < 4.78 is 10.3. The minimum atomic E-state index is 0.0697. The second kappa shape index (κ2) is 8.10. The Labute approximate surface area is 96.2 Å². The molecule has 0 aromatic heterocycles. The molecule has 0 atom stereocenters. The van der Waals surface area contributed by atoms with Gasteiger partial charge in [-0.2, -0.15) is 0 Å². The first kappa shape index (κ1) is 13.0. The van der Waals surface area contributed by atoms with Crippen LogP contribution in [0.3, 0.4) is 0 Å². The summed E-state index contributed by atoms with van der Waals surface area (Å²) in [4.78, 5) is 0. The zero-order valence-corrected chi connectivity index (χ0v) is 9.61. The van der Waals surface area contributed by atoms with Crippen LogP contribution in [0, 0.1) is 0 Å². The number of para-hydroxylation sites is 1. The second-order valence-electron chi connectivity index (χ2n) is 3.35. The highest BCUT2D eigenvalue weighted by molar-refractivity contribution is 5.50. The molecule has 0 aliphatic carbocycles. The molecule has 0 radical (unpaired) electrons. The van der Waals surface area contributed by atoms with Gasteiger partial charge >= 0.3 is 0 Å². The van der Waals surface area contributed by atoms with E-state index in [1.54, 1.807) is 7.11 Å². The third kappa shape index (κ3) is 4.61. The number of hydrogen-bond acceptors (Lipinski definition) is 4. The molecule has 1 rings (SSSR count). The SMILES string of the molecule is COCc1ccccc1NCCOCCO. The molecule has 1 aromatic carbocycles. The van der Waals surface area contributed by atoms with Crippen LogP contribution in [0.1, 0.15) is 5.56 Å². The first-order valence-corrected chi connectivity index (χ1v) is 5.37. The molecular formula is C12H19NO3. The Balaban J connectivity index is 2.34. The lowest BCUT2D eigenvalue weighted by molar-refractivity contribution is 0.0992. The summed E-state index contributed by atoms with van der Waals surface area (Å²) >= 11 is 0. The van der Waals surface area contributed by atoms with Gasteiger partial charge in [0.25, 0.3) is 0 Å². The van der Waals surface area contributed by atoms with Gasteiger partial charge in [0.1, 0.15) is 0 Å². The molecule has 0 aliphatic heterocycles. The number of anilines is 1. The Morgan fingerprint density at radius 2 is 2.06 bits per heavy atom. The standard InChI is InChI=1S/C12H19NO3/c1-15-10-11-4-2-3-5-12(11)13-6-8-16-9-7-14/h2-5,13-14H,6-10H2,1H3. The largest absolute Gasteiger partial charge is 0.394 e. The van der Waals surface area contributed by atoms with E-state index in [9.17, 15) is 0 Å². The van der Waals surface area contributed by atoms with E-state index in [0.717, 1.165) is 17.8 Å². The predicted molar refractivity (Wildman–Crippen MR) is 63.5 cm³/mol. The number of aliphatic hydroxyl groups is 1. The zero-order chi connectivity index (χ0) is 11.6. The number of ether oxygens (including phenoxy) is 2. The van der Waals surface area contributed by atoms with Crippen LogP contribution in [0.2, 0.25) is 0 Å². The molecule has 0 amide bonds. The fourth-order valence-electron chi connectivity index (χ4n) is 1.40. The van der Waals surface area contributed by atoms with E-state index in [1.807, 2.05) is 24.3 Å². The number of benzene rings is 1. The summed E-state index contributed by atoms with van der Waals surface area (Å²) in [5.41, 5.74) is 2.20.